The molecule has 0 spiro atoms. The average Bonchev–Trinajstić information content (AvgIpc) is 2.47. The fourth-order valence-corrected chi connectivity index (χ4v) is 4.34. The smallest absolute Gasteiger partial charge is 0.368 e. The van der Waals surface area contributed by atoms with Crippen LogP contribution in [0.15, 0.2) is 0 Å². The number of hydrogen-bond acceptors (Lipinski definition) is 3. The van der Waals surface area contributed by atoms with Crippen LogP contribution in [0.25, 0.3) is 0 Å². The summed E-state index contributed by atoms with van der Waals surface area (Å²) in [5.74, 6) is -0.643. The maximum atomic E-state index is 12.9. The Morgan fingerprint density at radius 3 is 1.88 bits per heavy atom. The van der Waals surface area contributed by atoms with Gasteiger partial charge in [-0.3, -0.25) is 9.13 Å². The summed E-state index contributed by atoms with van der Waals surface area (Å²) >= 11 is 0. The summed E-state index contributed by atoms with van der Waals surface area (Å²) in [5.41, 5.74) is 0. The summed E-state index contributed by atoms with van der Waals surface area (Å²) in [6.07, 6.45) is -1.60. The Bertz CT molecular complexity index is 352. The lowest BCUT2D eigenvalue weighted by atomic mass is 10.0. The highest BCUT2D eigenvalue weighted by Gasteiger charge is 2.60. The third-order valence-corrected chi connectivity index (χ3v) is 6.77. The van der Waals surface area contributed by atoms with Crippen molar-refractivity contribution >= 4 is 15.2 Å². The number of rotatable bonds is 4. The minimum atomic E-state index is -5.41. The third-order valence-electron chi connectivity index (χ3n) is 2.97. The zero-order valence-electron chi connectivity index (χ0n) is 8.81. The van der Waals surface area contributed by atoms with Crippen LogP contribution in [-0.2, 0) is 9.13 Å². The van der Waals surface area contributed by atoms with Gasteiger partial charge in [-0.1, -0.05) is 0 Å². The maximum absolute atomic E-state index is 12.9. The van der Waals surface area contributed by atoms with Crippen LogP contribution in [0.3, 0.4) is 0 Å². The quantitative estimate of drug-likeness (QED) is 0.476. The first-order valence-electron chi connectivity index (χ1n) is 4.95. The van der Waals surface area contributed by atoms with Crippen LogP contribution in [0.5, 0.6) is 0 Å². The zero-order valence-corrected chi connectivity index (χ0v) is 10.6. The predicted molar refractivity (Wildman–Crippen MR) is 55.9 cm³/mol. The van der Waals surface area contributed by atoms with Crippen molar-refractivity contribution < 1.29 is 38.2 Å². The van der Waals surface area contributed by atoms with Gasteiger partial charge in [0.15, 0.2) is 0 Å². The highest BCUT2D eigenvalue weighted by Crippen LogP contribution is 2.70. The first-order chi connectivity index (χ1) is 7.47. The van der Waals surface area contributed by atoms with Crippen molar-refractivity contribution in [3.63, 3.8) is 0 Å². The highest BCUT2D eigenvalue weighted by molar-refractivity contribution is 7.72. The van der Waals surface area contributed by atoms with Crippen molar-refractivity contribution in [1.29, 1.82) is 0 Å². The normalized spacial score (nSPS) is 27.4. The van der Waals surface area contributed by atoms with Gasteiger partial charge in [0.2, 0.25) is 0 Å². The molecule has 0 radical (unpaired) electrons. The Kier molecular flexibility index (Phi) is 4.22. The van der Waals surface area contributed by atoms with Crippen LogP contribution < -0.4 is 0 Å². The van der Waals surface area contributed by atoms with Gasteiger partial charge < -0.3 is 24.7 Å². The van der Waals surface area contributed by atoms with Crippen molar-refractivity contribution in [2.75, 3.05) is 0 Å². The third kappa shape index (κ3) is 3.15. The second kappa shape index (κ2) is 4.70. The van der Waals surface area contributed by atoms with Gasteiger partial charge in [0.05, 0.1) is 0 Å². The molecule has 0 aromatic carbocycles. The van der Waals surface area contributed by atoms with E-state index in [0.29, 0.717) is 0 Å². The molecule has 0 unspecified atom stereocenters. The van der Waals surface area contributed by atoms with Gasteiger partial charge in [-0.05, 0) is 25.2 Å². The maximum Gasteiger partial charge on any atom is 0.369 e. The van der Waals surface area contributed by atoms with Gasteiger partial charge in [-0.2, -0.15) is 0 Å². The fraction of sp³-hybridized carbons (Fsp3) is 1.00. The van der Waals surface area contributed by atoms with Crippen LogP contribution in [0.4, 0.5) is 4.39 Å². The SMILES string of the molecule is O=P(O)(O)C(O)(C[C@@H]1CC[C@H](F)C1)P(=O)(O)O. The number of aliphatic hydroxyl groups is 1. The summed E-state index contributed by atoms with van der Waals surface area (Å²) in [7, 11) is -10.8. The monoisotopic (exact) mass is 292 g/mol. The number of hydrogen-bond donors (Lipinski definition) is 5. The molecule has 0 aliphatic heterocycles. The zero-order chi connectivity index (χ0) is 13.5. The van der Waals surface area contributed by atoms with E-state index in [1.807, 2.05) is 0 Å². The Balaban J connectivity index is 2.94. The largest absolute Gasteiger partial charge is 0.369 e. The van der Waals surface area contributed by atoms with Crippen LogP contribution >= 0.6 is 15.2 Å². The van der Waals surface area contributed by atoms with Crippen molar-refractivity contribution in [3.05, 3.63) is 0 Å². The molecule has 1 fully saturated rings. The molecule has 5 N–H and O–H groups in total. The van der Waals surface area contributed by atoms with Crippen LogP contribution in [0.1, 0.15) is 25.7 Å². The second-order valence-corrected chi connectivity index (χ2v) is 8.35. The molecule has 7 nitrogen and oxygen atoms in total. The molecular weight excluding hydrogens is 277 g/mol. The molecule has 17 heavy (non-hydrogen) atoms. The summed E-state index contributed by atoms with van der Waals surface area (Å²) in [4.78, 5) is 35.5. The number of alkyl halides is 1. The molecule has 0 aromatic rings. The lowest BCUT2D eigenvalue weighted by Crippen LogP contribution is -2.31. The minimum Gasteiger partial charge on any atom is -0.368 e. The summed E-state index contributed by atoms with van der Waals surface area (Å²) < 4.78 is 34.9. The Morgan fingerprint density at radius 1 is 1.12 bits per heavy atom. The first-order valence-corrected chi connectivity index (χ1v) is 8.17. The lowest BCUT2D eigenvalue weighted by molar-refractivity contribution is 0.106. The van der Waals surface area contributed by atoms with Crippen molar-refractivity contribution in [1.82, 2.24) is 0 Å². The standard InChI is InChI=1S/C7H15FO7P2/c8-6-2-1-5(3-6)4-7(9,16(10,11)12)17(13,14)15/h5-6,9H,1-4H2,(H2,10,11,12)(H2,13,14,15)/t5-,6+/m1/s1. The van der Waals surface area contributed by atoms with Gasteiger partial charge >= 0.3 is 15.2 Å². The molecule has 2 atom stereocenters. The summed E-state index contributed by atoms with van der Waals surface area (Å²) in [6.45, 7) is 0. The van der Waals surface area contributed by atoms with E-state index >= 15 is 0 Å². The van der Waals surface area contributed by atoms with Crippen LogP contribution in [0, 0.1) is 5.92 Å². The summed E-state index contributed by atoms with van der Waals surface area (Å²) in [5, 5.41) is 6.17. The van der Waals surface area contributed by atoms with Crippen molar-refractivity contribution in [2.45, 2.75) is 36.9 Å². The first kappa shape index (κ1) is 15.2. The molecular formula is C7H15FO7P2. The minimum absolute atomic E-state index is 0.0533. The van der Waals surface area contributed by atoms with Crippen molar-refractivity contribution in [2.24, 2.45) is 5.92 Å². The Hall–Kier alpha value is 0.190. The number of halogens is 1. The summed E-state index contributed by atoms with van der Waals surface area (Å²) in [6, 6.07) is 0. The molecule has 0 amide bonds. The Morgan fingerprint density at radius 2 is 1.59 bits per heavy atom. The van der Waals surface area contributed by atoms with E-state index in [0.717, 1.165) is 0 Å². The molecule has 0 aromatic heterocycles. The lowest BCUT2D eigenvalue weighted by Gasteiger charge is -2.31. The molecule has 10 heteroatoms. The van der Waals surface area contributed by atoms with E-state index in [4.69, 9.17) is 19.6 Å². The Labute approximate surface area is 97.0 Å². The molecule has 1 aliphatic rings. The molecule has 102 valence electrons. The van der Waals surface area contributed by atoms with Crippen LogP contribution in [0.2, 0.25) is 0 Å². The molecule has 1 aliphatic carbocycles. The fourth-order valence-electron chi connectivity index (χ4n) is 1.99. The van der Waals surface area contributed by atoms with E-state index in [-0.39, 0.29) is 19.3 Å². The topological polar surface area (TPSA) is 135 Å². The van der Waals surface area contributed by atoms with Gasteiger partial charge in [0.1, 0.15) is 6.17 Å². The molecule has 1 saturated carbocycles. The van der Waals surface area contributed by atoms with E-state index in [9.17, 15) is 18.6 Å². The average molecular weight is 292 g/mol. The van der Waals surface area contributed by atoms with Crippen molar-refractivity contribution in [3.8, 4) is 0 Å². The second-order valence-electron chi connectivity index (χ2n) is 4.34. The van der Waals surface area contributed by atoms with Gasteiger partial charge in [-0.15, -0.1) is 0 Å². The predicted octanol–water partition coefficient (Wildman–Crippen LogP) is 0.516. The van der Waals surface area contributed by atoms with E-state index in [1.54, 1.807) is 0 Å². The molecule has 0 bridgehead atoms. The highest BCUT2D eigenvalue weighted by atomic mass is 31.2. The molecule has 0 heterocycles. The van der Waals surface area contributed by atoms with E-state index < -0.39 is 38.8 Å². The van der Waals surface area contributed by atoms with Gasteiger partial charge in [0, 0.05) is 6.42 Å². The van der Waals surface area contributed by atoms with E-state index in [2.05, 4.69) is 0 Å². The van der Waals surface area contributed by atoms with E-state index in [1.165, 1.54) is 0 Å². The molecule has 1 rings (SSSR count). The van der Waals surface area contributed by atoms with Gasteiger partial charge in [0.25, 0.3) is 5.08 Å². The molecule has 0 saturated heterocycles. The van der Waals surface area contributed by atoms with Gasteiger partial charge in [-0.25, -0.2) is 4.39 Å². The van der Waals surface area contributed by atoms with Crippen LogP contribution in [-0.4, -0.2) is 35.9 Å².